The molecule has 3 aliphatic heterocycles. The van der Waals surface area contributed by atoms with Crippen LogP contribution in [0.15, 0.2) is 54.6 Å². The number of carbonyl (C=O) groups excluding carboxylic acids is 1. The van der Waals surface area contributed by atoms with Gasteiger partial charge in [-0.3, -0.25) is 0 Å². The second-order valence-corrected chi connectivity index (χ2v) is 11.8. The fourth-order valence-electron chi connectivity index (χ4n) is 5.91. The van der Waals surface area contributed by atoms with Crippen molar-refractivity contribution in [3.8, 4) is 0 Å². The van der Waals surface area contributed by atoms with E-state index in [2.05, 4.69) is 39.8 Å². The van der Waals surface area contributed by atoms with Crippen LogP contribution in [-0.4, -0.2) is 52.1 Å². The molecule has 5 rings (SSSR count). The molecule has 6 nitrogen and oxygen atoms in total. The summed E-state index contributed by atoms with van der Waals surface area (Å²) in [5, 5.41) is 11.6. The number of aliphatic hydroxyl groups is 1. The molecule has 1 amide bonds. The molecule has 0 saturated carbocycles. The van der Waals surface area contributed by atoms with E-state index >= 15 is 0 Å². The van der Waals surface area contributed by atoms with E-state index in [1.807, 2.05) is 47.4 Å². The van der Waals surface area contributed by atoms with Crippen molar-refractivity contribution in [1.29, 1.82) is 0 Å². The third kappa shape index (κ3) is 5.06. The maximum Gasteiger partial charge on any atom is 0.494 e. The van der Waals surface area contributed by atoms with Crippen LogP contribution in [0, 0.1) is 0 Å². The molecule has 36 heavy (non-hydrogen) atoms. The first-order valence-electron chi connectivity index (χ1n) is 13.2. The molecule has 2 aromatic carbocycles. The number of ether oxygens (including phenoxy) is 1. The number of piperidine rings is 2. The Morgan fingerprint density at radius 3 is 2.11 bits per heavy atom. The normalized spacial score (nSPS) is 28.7. The van der Waals surface area contributed by atoms with Crippen LogP contribution in [0.2, 0.25) is 0 Å². The van der Waals surface area contributed by atoms with Gasteiger partial charge in [-0.2, -0.15) is 0 Å². The molecule has 3 aliphatic rings. The molecular formula is C29H38BNO5. The third-order valence-electron chi connectivity index (χ3n) is 8.55. The minimum Gasteiger partial charge on any atom is -0.445 e. The Hall–Kier alpha value is -2.35. The molecular weight excluding hydrogens is 453 g/mol. The average Bonchev–Trinajstić information content (AvgIpc) is 3.04. The van der Waals surface area contributed by atoms with Crippen molar-refractivity contribution in [2.45, 2.75) is 102 Å². The lowest BCUT2D eigenvalue weighted by Crippen LogP contribution is -2.60. The standard InChI is InChI=1S/C29H38BNO5/c1-27(2)28(3,4)36-30(35-27)23-15-13-21(14-16-23)17-29(33)18-24-11-8-12-25(19-29)31(24)26(32)34-20-22-9-6-5-7-10-22/h5-7,9-10,13-16,24-25,33H,8,11-12,17-20H2,1-4H3. The molecule has 0 aromatic heterocycles. The predicted molar refractivity (Wildman–Crippen MR) is 140 cm³/mol. The van der Waals surface area contributed by atoms with E-state index in [9.17, 15) is 9.90 Å². The van der Waals surface area contributed by atoms with Gasteiger partial charge < -0.3 is 24.1 Å². The summed E-state index contributed by atoms with van der Waals surface area (Å²) in [6, 6.07) is 18.0. The van der Waals surface area contributed by atoms with Gasteiger partial charge in [0.2, 0.25) is 0 Å². The lowest BCUT2D eigenvalue weighted by molar-refractivity contribution is -0.0845. The number of nitrogens with zero attached hydrogens (tertiary/aromatic N) is 1. The summed E-state index contributed by atoms with van der Waals surface area (Å²) in [4.78, 5) is 14.9. The molecule has 192 valence electrons. The second kappa shape index (κ2) is 9.51. The molecule has 2 atom stereocenters. The molecule has 0 radical (unpaired) electrons. The van der Waals surface area contributed by atoms with Crippen LogP contribution in [0.3, 0.4) is 0 Å². The van der Waals surface area contributed by atoms with Gasteiger partial charge >= 0.3 is 13.2 Å². The number of benzene rings is 2. The van der Waals surface area contributed by atoms with E-state index in [0.29, 0.717) is 19.3 Å². The summed E-state index contributed by atoms with van der Waals surface area (Å²) in [6.07, 6.45) is 4.33. The monoisotopic (exact) mass is 491 g/mol. The quantitative estimate of drug-likeness (QED) is 0.619. The van der Waals surface area contributed by atoms with E-state index < -0.39 is 12.7 Å². The van der Waals surface area contributed by atoms with E-state index in [4.69, 9.17) is 14.0 Å². The Bertz CT molecular complexity index is 1040. The van der Waals surface area contributed by atoms with Crippen LogP contribution >= 0.6 is 0 Å². The van der Waals surface area contributed by atoms with Crippen LogP contribution in [0.25, 0.3) is 0 Å². The van der Waals surface area contributed by atoms with E-state index in [0.717, 1.165) is 35.9 Å². The molecule has 0 aliphatic carbocycles. The summed E-state index contributed by atoms with van der Waals surface area (Å²) < 4.78 is 18.0. The van der Waals surface area contributed by atoms with Gasteiger partial charge in [-0.1, -0.05) is 54.6 Å². The van der Waals surface area contributed by atoms with Crippen molar-refractivity contribution in [3.63, 3.8) is 0 Å². The highest BCUT2D eigenvalue weighted by Gasteiger charge is 2.52. The van der Waals surface area contributed by atoms with Gasteiger partial charge in [-0.15, -0.1) is 0 Å². The number of rotatable bonds is 5. The Labute approximate surface area is 215 Å². The molecule has 3 saturated heterocycles. The Balaban J connectivity index is 1.22. The molecule has 3 heterocycles. The van der Waals surface area contributed by atoms with Gasteiger partial charge in [0.15, 0.2) is 0 Å². The second-order valence-electron chi connectivity index (χ2n) is 11.8. The number of fused-ring (bicyclic) bond motifs is 2. The molecule has 0 spiro atoms. The maximum atomic E-state index is 13.0. The Kier molecular flexibility index (Phi) is 6.69. The van der Waals surface area contributed by atoms with Crippen LogP contribution in [0.1, 0.15) is 70.9 Å². The molecule has 2 bridgehead atoms. The zero-order chi connectivity index (χ0) is 25.6. The van der Waals surface area contributed by atoms with Crippen molar-refractivity contribution in [2.75, 3.05) is 0 Å². The fraction of sp³-hybridized carbons (Fsp3) is 0.552. The van der Waals surface area contributed by atoms with Gasteiger partial charge in [-0.05, 0) is 76.4 Å². The van der Waals surface area contributed by atoms with Gasteiger partial charge in [0, 0.05) is 18.5 Å². The van der Waals surface area contributed by atoms with E-state index in [1.54, 1.807) is 0 Å². The summed E-state index contributed by atoms with van der Waals surface area (Å²) in [6.45, 7) is 8.49. The number of hydrogen-bond acceptors (Lipinski definition) is 5. The Morgan fingerprint density at radius 2 is 1.53 bits per heavy atom. The first-order valence-corrected chi connectivity index (χ1v) is 13.2. The number of amides is 1. The van der Waals surface area contributed by atoms with E-state index in [-0.39, 0.29) is 36.0 Å². The first kappa shape index (κ1) is 25.3. The largest absolute Gasteiger partial charge is 0.494 e. The Morgan fingerprint density at radius 1 is 0.944 bits per heavy atom. The van der Waals surface area contributed by atoms with Crippen LogP contribution in [0.4, 0.5) is 4.79 Å². The zero-order valence-electron chi connectivity index (χ0n) is 21.9. The van der Waals surface area contributed by atoms with Crippen molar-refractivity contribution < 1.29 is 23.9 Å². The van der Waals surface area contributed by atoms with E-state index in [1.165, 1.54) is 0 Å². The summed E-state index contributed by atoms with van der Waals surface area (Å²) in [5.41, 5.74) is 1.46. The smallest absolute Gasteiger partial charge is 0.445 e. The fourth-order valence-corrected chi connectivity index (χ4v) is 5.91. The van der Waals surface area contributed by atoms with Gasteiger partial charge in [0.1, 0.15) is 6.61 Å². The zero-order valence-corrected chi connectivity index (χ0v) is 21.9. The minimum absolute atomic E-state index is 0.00907. The van der Waals surface area contributed by atoms with Crippen molar-refractivity contribution in [2.24, 2.45) is 0 Å². The summed E-state index contributed by atoms with van der Waals surface area (Å²) in [5.74, 6) is 0. The van der Waals surface area contributed by atoms with Gasteiger partial charge in [0.05, 0.1) is 16.8 Å². The molecule has 2 aromatic rings. The predicted octanol–water partition coefficient (Wildman–Crippen LogP) is 4.61. The number of hydrogen-bond donors (Lipinski definition) is 1. The summed E-state index contributed by atoms with van der Waals surface area (Å²) in [7, 11) is -0.392. The topological polar surface area (TPSA) is 68.2 Å². The molecule has 1 N–H and O–H groups in total. The lowest BCUT2D eigenvalue weighted by atomic mass is 9.72. The first-order chi connectivity index (χ1) is 17.1. The molecule has 7 heteroatoms. The highest BCUT2D eigenvalue weighted by Crippen LogP contribution is 2.41. The van der Waals surface area contributed by atoms with Crippen LogP contribution in [-0.2, 0) is 27.1 Å². The molecule has 2 unspecified atom stereocenters. The van der Waals surface area contributed by atoms with Crippen molar-refractivity contribution in [3.05, 3.63) is 65.7 Å². The highest BCUT2D eigenvalue weighted by molar-refractivity contribution is 6.62. The maximum absolute atomic E-state index is 13.0. The SMILES string of the molecule is CC1(C)OB(c2ccc(CC3(O)CC4CCCC(C3)N4C(=O)OCc3ccccc3)cc2)OC1(C)C. The third-order valence-corrected chi connectivity index (χ3v) is 8.55. The van der Waals surface area contributed by atoms with Crippen molar-refractivity contribution >= 4 is 18.7 Å². The average molecular weight is 491 g/mol. The van der Waals surface area contributed by atoms with Crippen molar-refractivity contribution in [1.82, 2.24) is 4.90 Å². The van der Waals surface area contributed by atoms with Gasteiger partial charge in [0.25, 0.3) is 0 Å². The highest BCUT2D eigenvalue weighted by atomic mass is 16.7. The van der Waals surface area contributed by atoms with Crippen LogP contribution < -0.4 is 5.46 Å². The van der Waals surface area contributed by atoms with Gasteiger partial charge in [-0.25, -0.2) is 4.79 Å². The lowest BCUT2D eigenvalue weighted by Gasteiger charge is -2.51. The minimum atomic E-state index is -0.835. The molecule has 3 fully saturated rings. The number of carbonyl (C=O) groups is 1. The summed E-state index contributed by atoms with van der Waals surface area (Å²) >= 11 is 0. The van der Waals surface area contributed by atoms with Crippen LogP contribution in [0.5, 0.6) is 0 Å².